The van der Waals surface area contributed by atoms with Crippen molar-refractivity contribution in [1.29, 1.82) is 0 Å². The Morgan fingerprint density at radius 1 is 0.525 bits per heavy atom. The van der Waals surface area contributed by atoms with Crippen molar-refractivity contribution in [1.82, 2.24) is 25.3 Å². The van der Waals surface area contributed by atoms with Gasteiger partial charge in [0.15, 0.2) is 46.5 Å². The fourth-order valence-corrected chi connectivity index (χ4v) is 7.03. The molecule has 0 fully saturated rings. The molecule has 300 valence electrons. The van der Waals surface area contributed by atoms with Gasteiger partial charge in [0.05, 0.1) is 28.0 Å². The fourth-order valence-electron chi connectivity index (χ4n) is 7.03. The zero-order valence-electron chi connectivity index (χ0n) is 30.1. The number of carbonyl (C=O) groups excluding carboxylic acids is 1. The highest BCUT2D eigenvalue weighted by atomic mass is 19.2. The van der Waals surface area contributed by atoms with E-state index in [0.29, 0.717) is 13.0 Å². The van der Waals surface area contributed by atoms with Crippen LogP contribution in [0.15, 0.2) is 60.7 Å². The highest BCUT2D eigenvalue weighted by Gasteiger charge is 2.31. The molecule has 0 saturated carbocycles. The van der Waals surface area contributed by atoms with Crippen LogP contribution in [0.3, 0.4) is 0 Å². The van der Waals surface area contributed by atoms with Crippen LogP contribution in [0.4, 0.5) is 43.9 Å². The lowest BCUT2D eigenvalue weighted by atomic mass is 9.98. The van der Waals surface area contributed by atoms with Crippen LogP contribution in [0.1, 0.15) is 28.2 Å². The first-order chi connectivity index (χ1) is 28.3. The van der Waals surface area contributed by atoms with Crippen molar-refractivity contribution in [3.63, 3.8) is 0 Å². The van der Waals surface area contributed by atoms with Gasteiger partial charge in [-0.15, -0.1) is 0 Å². The molecule has 0 unspecified atom stereocenters. The summed E-state index contributed by atoms with van der Waals surface area (Å²) < 4.78 is 156. The van der Waals surface area contributed by atoms with Gasteiger partial charge in [0.2, 0.25) is 11.6 Å². The SMILES string of the molecule is COCCCNC(=O)c1ccccc1-c1c2ccc([nH]2)c(-c2c(F)c(F)c(F)c(F)c2F)c2nc(c3ccc([nH]3)c(-c3c(F)c(F)c(F)c(F)c3F)c3ccc1[nH]3)C=C2. The van der Waals surface area contributed by atoms with Crippen molar-refractivity contribution in [2.75, 3.05) is 20.3 Å². The normalized spacial score (nSPS) is 11.9. The maximum Gasteiger partial charge on any atom is 0.251 e. The fraction of sp³-hybridized carbons (Fsp3) is 0.0952. The second kappa shape index (κ2) is 15.1. The summed E-state index contributed by atoms with van der Waals surface area (Å²) in [5, 5.41) is 2.78. The van der Waals surface area contributed by atoms with E-state index in [1.807, 2.05) is 0 Å². The Balaban J connectivity index is 1.56. The van der Waals surface area contributed by atoms with E-state index in [-0.39, 0.29) is 67.7 Å². The van der Waals surface area contributed by atoms with E-state index >= 15 is 17.6 Å². The van der Waals surface area contributed by atoms with Crippen molar-refractivity contribution < 1.29 is 53.4 Å². The number of halogens is 10. The molecule has 8 bridgehead atoms. The number of benzene rings is 3. The third-order valence-electron chi connectivity index (χ3n) is 9.75. The first-order valence-electron chi connectivity index (χ1n) is 17.6. The molecule has 4 N–H and O–H groups in total. The Hall–Kier alpha value is -6.88. The molecule has 59 heavy (non-hydrogen) atoms. The summed E-state index contributed by atoms with van der Waals surface area (Å²) in [4.78, 5) is 26.8. The average Bonchev–Trinajstić information content (AvgIpc) is 4.08. The van der Waals surface area contributed by atoms with Crippen molar-refractivity contribution in [3.8, 4) is 33.4 Å². The maximum atomic E-state index is 15.7. The van der Waals surface area contributed by atoms with Gasteiger partial charge in [0.1, 0.15) is 0 Å². The number of rotatable bonds is 8. The molecule has 8 rings (SSSR count). The molecule has 0 saturated heterocycles. The van der Waals surface area contributed by atoms with Gasteiger partial charge in [0, 0.05) is 70.1 Å². The molecule has 7 aromatic rings. The number of ether oxygens (including phenoxy) is 1. The van der Waals surface area contributed by atoms with Gasteiger partial charge < -0.3 is 25.0 Å². The molecule has 3 aromatic carbocycles. The third-order valence-corrected chi connectivity index (χ3v) is 9.75. The minimum absolute atomic E-state index is 0.0177. The van der Waals surface area contributed by atoms with Crippen molar-refractivity contribution >= 4 is 51.2 Å². The van der Waals surface area contributed by atoms with Crippen LogP contribution >= 0.6 is 0 Å². The molecular formula is C42H25F10N5O2. The molecule has 0 radical (unpaired) electrons. The number of carbonyl (C=O) groups is 1. The number of H-pyrrole nitrogens is 3. The van der Waals surface area contributed by atoms with E-state index < -0.39 is 86.3 Å². The van der Waals surface area contributed by atoms with Crippen LogP contribution in [-0.4, -0.2) is 46.1 Å². The zero-order valence-corrected chi connectivity index (χ0v) is 30.1. The smallest absolute Gasteiger partial charge is 0.251 e. The quantitative estimate of drug-likeness (QED) is 0.0532. The topological polar surface area (TPSA) is 98.6 Å². The van der Waals surface area contributed by atoms with Crippen LogP contribution in [0.5, 0.6) is 0 Å². The van der Waals surface area contributed by atoms with E-state index in [1.165, 1.54) is 67.8 Å². The van der Waals surface area contributed by atoms with Gasteiger partial charge in [-0.25, -0.2) is 48.9 Å². The highest BCUT2D eigenvalue weighted by molar-refractivity contribution is 6.07. The molecule has 1 aliphatic heterocycles. The van der Waals surface area contributed by atoms with E-state index in [1.54, 1.807) is 12.1 Å². The number of aromatic amines is 3. The molecule has 7 nitrogen and oxygen atoms in total. The molecular weight excluding hydrogens is 796 g/mol. The lowest BCUT2D eigenvalue weighted by molar-refractivity contribution is 0.0949. The van der Waals surface area contributed by atoms with Crippen LogP contribution in [0.25, 0.3) is 78.6 Å². The van der Waals surface area contributed by atoms with Gasteiger partial charge in [0.25, 0.3) is 5.91 Å². The molecule has 0 atom stereocenters. The molecule has 17 heteroatoms. The number of nitrogens with zero attached hydrogens (tertiary/aromatic N) is 1. The molecule has 0 spiro atoms. The first kappa shape index (κ1) is 39.0. The largest absolute Gasteiger partial charge is 0.385 e. The van der Waals surface area contributed by atoms with E-state index in [0.717, 1.165) is 0 Å². The van der Waals surface area contributed by atoms with Crippen molar-refractivity contribution in [3.05, 3.63) is 136 Å². The monoisotopic (exact) mass is 821 g/mol. The van der Waals surface area contributed by atoms with E-state index in [2.05, 4.69) is 25.3 Å². The zero-order chi connectivity index (χ0) is 41.9. The Bertz CT molecular complexity index is 2980. The summed E-state index contributed by atoms with van der Waals surface area (Å²) in [6, 6.07) is 14.1. The van der Waals surface area contributed by atoms with Gasteiger partial charge in [-0.1, -0.05) is 18.2 Å². The summed E-state index contributed by atoms with van der Waals surface area (Å²) in [7, 11) is 1.49. The van der Waals surface area contributed by atoms with Crippen LogP contribution in [0.2, 0.25) is 0 Å². The maximum absolute atomic E-state index is 15.7. The van der Waals surface area contributed by atoms with Crippen molar-refractivity contribution in [2.45, 2.75) is 6.42 Å². The van der Waals surface area contributed by atoms with Gasteiger partial charge in [-0.2, -0.15) is 0 Å². The molecule has 0 aliphatic carbocycles. The lowest BCUT2D eigenvalue weighted by Crippen LogP contribution is -2.25. The Morgan fingerprint density at radius 2 is 0.949 bits per heavy atom. The Morgan fingerprint density at radius 3 is 1.49 bits per heavy atom. The van der Waals surface area contributed by atoms with Gasteiger partial charge >= 0.3 is 0 Å². The minimum atomic E-state index is -2.39. The van der Waals surface area contributed by atoms with Crippen LogP contribution in [0, 0.1) is 58.2 Å². The molecule has 4 aromatic heterocycles. The van der Waals surface area contributed by atoms with Gasteiger partial charge in [-0.3, -0.25) is 4.79 Å². The first-order valence-corrected chi connectivity index (χ1v) is 17.6. The summed E-state index contributed by atoms with van der Waals surface area (Å²) in [6.45, 7) is 0.532. The summed E-state index contributed by atoms with van der Waals surface area (Å²) >= 11 is 0. The Kier molecular flexibility index (Phi) is 9.99. The van der Waals surface area contributed by atoms with Crippen LogP contribution in [-0.2, 0) is 4.74 Å². The molecule has 1 amide bonds. The summed E-state index contributed by atoms with van der Waals surface area (Å²) in [5.41, 5.74) is -4.05. The lowest BCUT2D eigenvalue weighted by Gasteiger charge is -2.12. The predicted octanol–water partition coefficient (Wildman–Crippen LogP) is 10.9. The number of amides is 1. The number of nitrogens with one attached hydrogen (secondary N) is 4. The summed E-state index contributed by atoms with van der Waals surface area (Å²) in [6.07, 6.45) is 2.97. The third kappa shape index (κ3) is 6.47. The number of methoxy groups -OCH3 is 1. The molecule has 1 aliphatic rings. The number of hydrogen-bond acceptors (Lipinski definition) is 3. The van der Waals surface area contributed by atoms with E-state index in [4.69, 9.17) is 4.74 Å². The number of hydrogen-bond donors (Lipinski definition) is 4. The molecule has 5 heterocycles. The average molecular weight is 822 g/mol. The van der Waals surface area contributed by atoms with Gasteiger partial charge in [-0.05, 0) is 66.6 Å². The van der Waals surface area contributed by atoms with Crippen LogP contribution < -0.4 is 5.32 Å². The minimum Gasteiger partial charge on any atom is -0.385 e. The second-order valence-corrected chi connectivity index (χ2v) is 13.2. The number of aromatic nitrogens is 4. The van der Waals surface area contributed by atoms with E-state index in [9.17, 15) is 31.1 Å². The summed E-state index contributed by atoms with van der Waals surface area (Å²) in [5.74, 6) is -22.8. The predicted molar refractivity (Wildman–Crippen MR) is 200 cm³/mol. The second-order valence-electron chi connectivity index (χ2n) is 13.2. The number of fused-ring (bicyclic) bond motifs is 9. The Labute approximate surface area is 325 Å². The van der Waals surface area contributed by atoms with Crippen molar-refractivity contribution in [2.24, 2.45) is 0 Å². The standard InChI is InChI=1S/C42H25F10N5O2/c1-59-16-4-15-53-42(58)18-6-3-2-5-17(18)27-21-11-13-25(56-21)28(30-32(43)36(47)40(51)37(48)33(30)44)23-9-7-19(54-23)20-8-10-24(55-20)29(26-14-12-22(27)57-26)31-34(45)38(49)41(52)39(50)35(31)46/h2-3,5-14,54,56-57H,4,15-16H2,1H3,(H,53,58). The highest BCUT2D eigenvalue weighted by Crippen LogP contribution is 2.41.